The predicted octanol–water partition coefficient (Wildman–Crippen LogP) is 3.91. The van der Waals surface area contributed by atoms with Gasteiger partial charge in [0.05, 0.1) is 23.5 Å². The van der Waals surface area contributed by atoms with Gasteiger partial charge in [-0.25, -0.2) is 4.98 Å². The third-order valence-electron chi connectivity index (χ3n) is 3.34. The number of nitrogen functional groups attached to an aromatic ring is 1. The average molecular weight is 317 g/mol. The standard InChI is InChI=1S/C19H15N3O2/c20-11-14-3-1-2-4-15(14)13-23-17-6-8-18(9-7-17)24-19-10-5-16(21)12-22-19/h1-10,12H,13,21H2. The summed E-state index contributed by atoms with van der Waals surface area (Å²) in [7, 11) is 0. The largest absolute Gasteiger partial charge is 0.489 e. The fraction of sp³-hybridized carbons (Fsp3) is 0.0526. The first-order chi connectivity index (χ1) is 11.7. The number of pyridine rings is 1. The summed E-state index contributed by atoms with van der Waals surface area (Å²) in [6.45, 7) is 0.337. The van der Waals surface area contributed by atoms with Crippen LogP contribution >= 0.6 is 0 Å². The highest BCUT2D eigenvalue weighted by Crippen LogP contribution is 2.23. The molecule has 3 rings (SSSR count). The molecule has 0 amide bonds. The summed E-state index contributed by atoms with van der Waals surface area (Å²) in [5.41, 5.74) is 7.64. The van der Waals surface area contributed by atoms with Gasteiger partial charge in [-0.1, -0.05) is 18.2 Å². The lowest BCUT2D eigenvalue weighted by Crippen LogP contribution is -1.98. The van der Waals surface area contributed by atoms with E-state index in [4.69, 9.17) is 20.5 Å². The lowest BCUT2D eigenvalue weighted by Gasteiger charge is -2.09. The molecule has 0 atom stereocenters. The number of hydrogen-bond acceptors (Lipinski definition) is 5. The van der Waals surface area contributed by atoms with Crippen molar-refractivity contribution in [3.63, 3.8) is 0 Å². The zero-order valence-electron chi connectivity index (χ0n) is 12.8. The Balaban J connectivity index is 1.62. The molecule has 0 radical (unpaired) electrons. The normalized spacial score (nSPS) is 9.96. The van der Waals surface area contributed by atoms with Crippen molar-refractivity contribution >= 4 is 5.69 Å². The summed E-state index contributed by atoms with van der Waals surface area (Å²) >= 11 is 0. The Morgan fingerprint density at radius 2 is 1.71 bits per heavy atom. The van der Waals surface area contributed by atoms with Gasteiger partial charge in [-0.15, -0.1) is 0 Å². The minimum absolute atomic E-state index is 0.337. The summed E-state index contributed by atoms with van der Waals surface area (Å²) in [4.78, 5) is 4.08. The topological polar surface area (TPSA) is 81.2 Å². The molecule has 24 heavy (non-hydrogen) atoms. The fourth-order valence-corrected chi connectivity index (χ4v) is 2.09. The first kappa shape index (κ1) is 15.4. The number of nitriles is 1. The number of aromatic nitrogens is 1. The zero-order chi connectivity index (χ0) is 16.8. The molecule has 118 valence electrons. The number of benzene rings is 2. The van der Waals surface area contributed by atoms with E-state index < -0.39 is 0 Å². The number of nitrogens with zero attached hydrogens (tertiary/aromatic N) is 2. The quantitative estimate of drug-likeness (QED) is 0.771. The smallest absolute Gasteiger partial charge is 0.219 e. The van der Waals surface area contributed by atoms with Crippen LogP contribution in [0, 0.1) is 11.3 Å². The number of ether oxygens (including phenoxy) is 2. The molecule has 0 unspecified atom stereocenters. The van der Waals surface area contributed by atoms with Crippen molar-refractivity contribution in [2.24, 2.45) is 0 Å². The Hall–Kier alpha value is -3.52. The molecule has 0 fully saturated rings. The molecule has 0 aliphatic heterocycles. The molecule has 2 aromatic carbocycles. The second kappa shape index (κ2) is 7.16. The van der Waals surface area contributed by atoms with Crippen LogP contribution in [0.25, 0.3) is 0 Å². The Morgan fingerprint density at radius 3 is 2.42 bits per heavy atom. The maximum absolute atomic E-state index is 9.07. The van der Waals surface area contributed by atoms with Crippen molar-refractivity contribution in [2.75, 3.05) is 5.73 Å². The van der Waals surface area contributed by atoms with Crippen LogP contribution in [0.1, 0.15) is 11.1 Å². The fourth-order valence-electron chi connectivity index (χ4n) is 2.09. The maximum Gasteiger partial charge on any atom is 0.219 e. The van der Waals surface area contributed by atoms with Gasteiger partial charge in [0, 0.05) is 11.6 Å². The van der Waals surface area contributed by atoms with Gasteiger partial charge in [-0.05, 0) is 36.4 Å². The van der Waals surface area contributed by atoms with Gasteiger partial charge in [0.1, 0.15) is 18.1 Å². The van der Waals surface area contributed by atoms with Crippen LogP contribution in [0.3, 0.4) is 0 Å². The average Bonchev–Trinajstić information content (AvgIpc) is 2.63. The summed E-state index contributed by atoms with van der Waals surface area (Å²) in [5, 5.41) is 9.07. The van der Waals surface area contributed by atoms with Gasteiger partial charge < -0.3 is 15.2 Å². The molecule has 1 heterocycles. The number of hydrogen-bond donors (Lipinski definition) is 1. The molecule has 0 saturated heterocycles. The van der Waals surface area contributed by atoms with E-state index in [2.05, 4.69) is 11.1 Å². The zero-order valence-corrected chi connectivity index (χ0v) is 12.8. The lowest BCUT2D eigenvalue weighted by molar-refractivity contribution is 0.305. The summed E-state index contributed by atoms with van der Waals surface area (Å²) in [6, 6.07) is 20.2. The van der Waals surface area contributed by atoms with Gasteiger partial charge in [0.25, 0.3) is 0 Å². The molecule has 0 aliphatic rings. The third kappa shape index (κ3) is 3.81. The molecule has 1 aromatic heterocycles. The predicted molar refractivity (Wildman–Crippen MR) is 90.7 cm³/mol. The lowest BCUT2D eigenvalue weighted by atomic mass is 10.1. The Morgan fingerprint density at radius 1 is 0.958 bits per heavy atom. The number of nitrogens with two attached hydrogens (primary N) is 1. The highest BCUT2D eigenvalue weighted by Gasteiger charge is 2.03. The second-order valence-electron chi connectivity index (χ2n) is 5.06. The van der Waals surface area contributed by atoms with E-state index in [1.165, 1.54) is 0 Å². The van der Waals surface area contributed by atoms with Crippen LogP contribution in [-0.2, 0) is 6.61 Å². The van der Waals surface area contributed by atoms with Crippen LogP contribution in [0.5, 0.6) is 17.4 Å². The first-order valence-electron chi connectivity index (χ1n) is 7.35. The molecular weight excluding hydrogens is 302 g/mol. The minimum Gasteiger partial charge on any atom is -0.489 e. The second-order valence-corrected chi connectivity index (χ2v) is 5.06. The van der Waals surface area contributed by atoms with Crippen LogP contribution in [0.4, 0.5) is 5.69 Å². The van der Waals surface area contributed by atoms with Gasteiger partial charge in [-0.3, -0.25) is 0 Å². The number of rotatable bonds is 5. The molecule has 0 bridgehead atoms. The molecule has 0 spiro atoms. The van der Waals surface area contributed by atoms with E-state index in [-0.39, 0.29) is 0 Å². The van der Waals surface area contributed by atoms with Crippen molar-refractivity contribution < 1.29 is 9.47 Å². The van der Waals surface area contributed by atoms with Crippen LogP contribution < -0.4 is 15.2 Å². The molecule has 3 aromatic rings. The SMILES string of the molecule is N#Cc1ccccc1COc1ccc(Oc2ccc(N)cn2)cc1. The highest BCUT2D eigenvalue weighted by molar-refractivity contribution is 5.39. The summed E-state index contributed by atoms with van der Waals surface area (Å²) < 4.78 is 11.3. The van der Waals surface area contributed by atoms with Crippen molar-refractivity contribution in [3.05, 3.63) is 78.0 Å². The van der Waals surface area contributed by atoms with Crippen LogP contribution in [0.15, 0.2) is 66.9 Å². The number of anilines is 1. The molecule has 0 saturated carbocycles. The minimum atomic E-state index is 0.337. The third-order valence-corrected chi connectivity index (χ3v) is 3.34. The van der Waals surface area contributed by atoms with E-state index in [9.17, 15) is 0 Å². The van der Waals surface area contributed by atoms with E-state index >= 15 is 0 Å². The maximum atomic E-state index is 9.07. The van der Waals surface area contributed by atoms with E-state index in [0.717, 1.165) is 5.56 Å². The summed E-state index contributed by atoms with van der Waals surface area (Å²) in [5.74, 6) is 1.82. The van der Waals surface area contributed by atoms with E-state index in [1.54, 1.807) is 36.5 Å². The molecule has 5 nitrogen and oxygen atoms in total. The van der Waals surface area contributed by atoms with Crippen LogP contribution in [0.2, 0.25) is 0 Å². The molecule has 2 N–H and O–H groups in total. The Labute approximate surface area is 139 Å². The van der Waals surface area contributed by atoms with Gasteiger partial charge in [0.15, 0.2) is 0 Å². The van der Waals surface area contributed by atoms with Crippen molar-refractivity contribution in [3.8, 4) is 23.4 Å². The highest BCUT2D eigenvalue weighted by atomic mass is 16.5. The van der Waals surface area contributed by atoms with Gasteiger partial charge >= 0.3 is 0 Å². The Kier molecular flexibility index (Phi) is 4.59. The van der Waals surface area contributed by atoms with Gasteiger partial charge in [-0.2, -0.15) is 5.26 Å². The van der Waals surface area contributed by atoms with Crippen molar-refractivity contribution in [2.45, 2.75) is 6.61 Å². The van der Waals surface area contributed by atoms with E-state index in [1.807, 2.05) is 30.3 Å². The first-order valence-corrected chi connectivity index (χ1v) is 7.35. The molecule has 5 heteroatoms. The van der Waals surface area contributed by atoms with Crippen molar-refractivity contribution in [1.29, 1.82) is 5.26 Å². The van der Waals surface area contributed by atoms with Crippen molar-refractivity contribution in [1.82, 2.24) is 4.98 Å². The molecule has 0 aliphatic carbocycles. The molecular formula is C19H15N3O2. The summed E-state index contributed by atoms with van der Waals surface area (Å²) in [6.07, 6.45) is 1.54. The Bertz CT molecular complexity index is 853. The monoisotopic (exact) mass is 317 g/mol. The van der Waals surface area contributed by atoms with Crippen LogP contribution in [-0.4, -0.2) is 4.98 Å². The van der Waals surface area contributed by atoms with E-state index in [0.29, 0.717) is 35.2 Å². The van der Waals surface area contributed by atoms with Gasteiger partial charge in [0.2, 0.25) is 5.88 Å².